The molecule has 3 rings (SSSR count). The van der Waals surface area contributed by atoms with E-state index in [1.54, 1.807) is 0 Å². The van der Waals surface area contributed by atoms with Gasteiger partial charge in [0.05, 0.1) is 24.7 Å². The van der Waals surface area contributed by atoms with Crippen molar-refractivity contribution in [3.8, 4) is 6.07 Å². The van der Waals surface area contributed by atoms with Crippen molar-refractivity contribution in [2.24, 2.45) is 5.92 Å². The molecule has 2 aliphatic rings. The molecule has 0 saturated carbocycles. The number of fused-ring (bicyclic) bond motifs is 1. The van der Waals surface area contributed by atoms with E-state index in [1.165, 1.54) is 0 Å². The van der Waals surface area contributed by atoms with E-state index < -0.39 is 0 Å². The Balaban J connectivity index is 0.000000924. The molecule has 0 aromatic carbocycles. The third-order valence-electron chi connectivity index (χ3n) is 4.32. The van der Waals surface area contributed by atoms with Gasteiger partial charge in [0, 0.05) is 26.1 Å². The number of nitriles is 1. The van der Waals surface area contributed by atoms with E-state index in [1.807, 2.05) is 20.0 Å². The molecule has 0 spiro atoms. The molecule has 126 valence electrons. The van der Waals surface area contributed by atoms with Crippen LogP contribution >= 0.6 is 28.4 Å². The molecule has 1 aromatic rings. The predicted molar refractivity (Wildman–Crippen MR) is 105 cm³/mol. The van der Waals surface area contributed by atoms with Crippen LogP contribution in [0.25, 0.3) is 0 Å². The SMILES string of the molecule is CC.CC1c2ncc(N3CCC(C#N)CC3)nc2N(PI)N1C. The Morgan fingerprint density at radius 1 is 1.35 bits per heavy atom. The van der Waals surface area contributed by atoms with Gasteiger partial charge in [0.2, 0.25) is 0 Å². The number of hydrazine groups is 1. The predicted octanol–water partition coefficient (Wildman–Crippen LogP) is 3.91. The van der Waals surface area contributed by atoms with Gasteiger partial charge in [-0.05, 0) is 41.8 Å². The molecule has 0 N–H and O–H groups in total. The second kappa shape index (κ2) is 8.41. The van der Waals surface area contributed by atoms with E-state index in [4.69, 9.17) is 10.2 Å². The van der Waals surface area contributed by atoms with Crippen LogP contribution in [0.2, 0.25) is 0 Å². The second-order valence-corrected chi connectivity index (χ2v) is 7.51. The van der Waals surface area contributed by atoms with E-state index in [9.17, 15) is 0 Å². The molecular weight excluding hydrogens is 422 g/mol. The summed E-state index contributed by atoms with van der Waals surface area (Å²) in [4.78, 5) is 11.7. The number of anilines is 2. The molecule has 1 aromatic heterocycles. The van der Waals surface area contributed by atoms with E-state index in [-0.39, 0.29) is 12.0 Å². The number of rotatable bonds is 2. The van der Waals surface area contributed by atoms with Crippen molar-refractivity contribution in [1.82, 2.24) is 15.0 Å². The number of piperidine rings is 1. The van der Waals surface area contributed by atoms with Crippen LogP contribution in [0.4, 0.5) is 11.6 Å². The van der Waals surface area contributed by atoms with Crippen molar-refractivity contribution < 1.29 is 0 Å². The average molecular weight is 446 g/mol. The van der Waals surface area contributed by atoms with Gasteiger partial charge in [-0.25, -0.2) is 9.99 Å². The first-order valence-electron chi connectivity index (χ1n) is 8.06. The first-order chi connectivity index (χ1) is 11.2. The van der Waals surface area contributed by atoms with Crippen molar-refractivity contribution in [3.63, 3.8) is 0 Å². The first-order valence-corrected chi connectivity index (χ1v) is 12.1. The number of hydrogen-bond acceptors (Lipinski definition) is 6. The Morgan fingerprint density at radius 3 is 2.57 bits per heavy atom. The van der Waals surface area contributed by atoms with Gasteiger partial charge in [0.15, 0.2) is 5.82 Å². The molecule has 0 aliphatic carbocycles. The van der Waals surface area contributed by atoms with Crippen molar-refractivity contribution in [2.45, 2.75) is 39.7 Å². The second-order valence-electron chi connectivity index (χ2n) is 5.47. The zero-order valence-electron chi connectivity index (χ0n) is 14.1. The van der Waals surface area contributed by atoms with Crippen LogP contribution in [0.5, 0.6) is 0 Å². The Morgan fingerprint density at radius 2 is 2.00 bits per heavy atom. The third-order valence-corrected chi connectivity index (χ3v) is 6.38. The molecule has 1 saturated heterocycles. The normalized spacial score (nSPS) is 22.0. The molecule has 3 heterocycles. The van der Waals surface area contributed by atoms with Gasteiger partial charge in [0.25, 0.3) is 0 Å². The molecule has 0 radical (unpaired) electrons. The lowest BCUT2D eigenvalue weighted by molar-refractivity contribution is 0.306. The van der Waals surface area contributed by atoms with Crippen LogP contribution in [0.1, 0.15) is 45.3 Å². The smallest absolute Gasteiger partial charge is 0.172 e. The van der Waals surface area contributed by atoms with Gasteiger partial charge in [0.1, 0.15) is 11.5 Å². The minimum atomic E-state index is 0.196. The van der Waals surface area contributed by atoms with Crippen molar-refractivity contribution in [1.29, 1.82) is 5.26 Å². The maximum Gasteiger partial charge on any atom is 0.172 e. The van der Waals surface area contributed by atoms with Crippen LogP contribution in [0, 0.1) is 17.2 Å². The molecule has 2 atom stereocenters. The summed E-state index contributed by atoms with van der Waals surface area (Å²) in [7, 11) is 2.08. The monoisotopic (exact) mass is 446 g/mol. The maximum absolute atomic E-state index is 8.99. The minimum absolute atomic E-state index is 0.196. The van der Waals surface area contributed by atoms with Gasteiger partial charge in [-0.3, -0.25) is 9.76 Å². The van der Waals surface area contributed by atoms with E-state index in [0.29, 0.717) is 6.37 Å². The lowest BCUT2D eigenvalue weighted by atomic mass is 9.99. The summed E-state index contributed by atoms with van der Waals surface area (Å²) in [5.41, 5.74) is 1.05. The maximum atomic E-state index is 8.99. The van der Waals surface area contributed by atoms with Gasteiger partial charge in [-0.1, -0.05) is 13.8 Å². The zero-order chi connectivity index (χ0) is 17.0. The summed E-state index contributed by atoms with van der Waals surface area (Å²) in [6.07, 6.45) is 4.34. The summed E-state index contributed by atoms with van der Waals surface area (Å²) in [5.74, 6) is 2.12. The van der Waals surface area contributed by atoms with Crippen LogP contribution in [-0.4, -0.2) is 35.1 Å². The number of nitrogens with zero attached hydrogens (tertiary/aromatic N) is 6. The third kappa shape index (κ3) is 3.70. The highest BCUT2D eigenvalue weighted by atomic mass is 127. The van der Waals surface area contributed by atoms with E-state index in [2.05, 4.69) is 61.8 Å². The van der Waals surface area contributed by atoms with Crippen LogP contribution in [-0.2, 0) is 0 Å². The molecule has 1 fully saturated rings. The summed E-state index contributed by atoms with van der Waals surface area (Å²) in [5, 5.41) is 11.2. The fourth-order valence-corrected chi connectivity index (χ4v) is 5.06. The molecule has 0 bridgehead atoms. The highest BCUT2D eigenvalue weighted by Crippen LogP contribution is 2.45. The quantitative estimate of drug-likeness (QED) is 0.507. The lowest BCUT2D eigenvalue weighted by Gasteiger charge is -2.30. The molecule has 2 unspecified atom stereocenters. The van der Waals surface area contributed by atoms with Crippen LogP contribution in [0.15, 0.2) is 6.20 Å². The number of halogens is 1. The highest BCUT2D eigenvalue weighted by molar-refractivity contribution is 14.2. The Hall–Kier alpha value is -0.710. The van der Waals surface area contributed by atoms with Crippen molar-refractivity contribution >= 4 is 40.1 Å². The summed E-state index contributed by atoms with van der Waals surface area (Å²) >= 11 is 2.38. The van der Waals surface area contributed by atoms with Gasteiger partial charge in [-0.15, -0.1) is 0 Å². The van der Waals surface area contributed by atoms with Crippen molar-refractivity contribution in [2.75, 3.05) is 29.8 Å². The van der Waals surface area contributed by atoms with Crippen molar-refractivity contribution in [3.05, 3.63) is 11.9 Å². The lowest BCUT2D eigenvalue weighted by Crippen LogP contribution is -2.34. The average Bonchev–Trinajstić information content (AvgIpc) is 2.86. The van der Waals surface area contributed by atoms with Crippen LogP contribution in [0.3, 0.4) is 0 Å². The Bertz CT molecular complexity index is 570. The fraction of sp³-hybridized carbons (Fsp3) is 0.667. The largest absolute Gasteiger partial charge is 0.355 e. The first kappa shape index (κ1) is 18.6. The molecule has 8 heteroatoms. The molecular formula is C15H24IN6P. The van der Waals surface area contributed by atoms with Crippen LogP contribution < -0.4 is 9.68 Å². The molecule has 6 nitrogen and oxygen atoms in total. The number of aromatic nitrogens is 2. The van der Waals surface area contributed by atoms with E-state index in [0.717, 1.165) is 43.3 Å². The minimum Gasteiger partial charge on any atom is -0.355 e. The van der Waals surface area contributed by atoms with E-state index >= 15 is 0 Å². The molecule has 23 heavy (non-hydrogen) atoms. The highest BCUT2D eigenvalue weighted by Gasteiger charge is 2.34. The molecule has 0 amide bonds. The van der Waals surface area contributed by atoms with Gasteiger partial charge >= 0.3 is 0 Å². The van der Waals surface area contributed by atoms with Gasteiger partial charge < -0.3 is 4.90 Å². The standard InChI is InChI=1S/C13H18IN6P.C2H6/c1-9-12-13(20(21-14)18(9)2)17-11(8-16-12)19-5-3-10(7-15)4-6-19;1-2/h8-10,21H,3-6H2,1-2H3;1-2H3. The summed E-state index contributed by atoms with van der Waals surface area (Å²) in [6, 6.07) is 2.64. The molecule has 2 aliphatic heterocycles. The fourth-order valence-electron chi connectivity index (χ4n) is 2.82. The van der Waals surface area contributed by atoms with Gasteiger partial charge in [-0.2, -0.15) is 5.26 Å². The zero-order valence-corrected chi connectivity index (χ0v) is 17.3. The topological polar surface area (TPSA) is 59.3 Å². The summed E-state index contributed by atoms with van der Waals surface area (Å²) in [6.45, 7) is 7.94. The Labute approximate surface area is 153 Å². The Kier molecular flexibility index (Phi) is 6.81. The summed E-state index contributed by atoms with van der Waals surface area (Å²) < 4.78 is 2.19. The number of hydrogen-bond donors (Lipinski definition) is 0.